The maximum absolute atomic E-state index is 13.0. The van der Waals surface area contributed by atoms with Gasteiger partial charge in [-0.15, -0.1) is 0 Å². The van der Waals surface area contributed by atoms with Crippen LogP contribution < -0.4 is 0 Å². The second-order valence-corrected chi connectivity index (χ2v) is 8.73. The number of aliphatic hydroxyl groups is 1. The second kappa shape index (κ2) is 5.97. The number of hydrogen-bond donors (Lipinski definition) is 1. The Kier molecular flexibility index (Phi) is 4.47. The van der Waals surface area contributed by atoms with Gasteiger partial charge in [0.15, 0.2) is 0 Å². The van der Waals surface area contributed by atoms with Crippen LogP contribution in [0.1, 0.15) is 48.8 Å². The molecular formula is C16H16F6O2S. The lowest BCUT2D eigenvalue weighted by molar-refractivity contribution is -0.143. The molecule has 1 aromatic rings. The van der Waals surface area contributed by atoms with E-state index in [9.17, 15) is 35.7 Å². The summed E-state index contributed by atoms with van der Waals surface area (Å²) in [5.41, 5.74) is -5.11. The summed E-state index contributed by atoms with van der Waals surface area (Å²) >= 11 is 0. The van der Waals surface area contributed by atoms with Crippen molar-refractivity contribution >= 4 is 10.8 Å². The minimum atomic E-state index is -4.96. The van der Waals surface area contributed by atoms with E-state index < -0.39 is 55.9 Å². The van der Waals surface area contributed by atoms with Crippen LogP contribution in [-0.2, 0) is 28.8 Å². The Morgan fingerprint density at radius 3 is 1.76 bits per heavy atom. The summed E-state index contributed by atoms with van der Waals surface area (Å²) in [6.45, 7) is 0. The van der Waals surface area contributed by atoms with Crippen molar-refractivity contribution in [3.05, 3.63) is 34.9 Å². The summed E-state index contributed by atoms with van der Waals surface area (Å²) in [6.07, 6.45) is -8.19. The summed E-state index contributed by atoms with van der Waals surface area (Å²) in [5, 5.41) is 10.1. The number of fused-ring (bicyclic) bond motifs is 2. The minimum absolute atomic E-state index is 0.0503. The van der Waals surface area contributed by atoms with Crippen LogP contribution in [0.5, 0.6) is 0 Å². The van der Waals surface area contributed by atoms with Gasteiger partial charge >= 0.3 is 12.4 Å². The van der Waals surface area contributed by atoms with Crippen LogP contribution in [0.15, 0.2) is 18.2 Å². The molecule has 0 amide bonds. The Hall–Kier alpha value is -1.09. The van der Waals surface area contributed by atoms with E-state index in [-0.39, 0.29) is 18.9 Å². The van der Waals surface area contributed by atoms with Crippen molar-refractivity contribution in [3.8, 4) is 0 Å². The largest absolute Gasteiger partial charge is 0.416 e. The second-order valence-electron chi connectivity index (χ2n) is 6.74. The van der Waals surface area contributed by atoms with Gasteiger partial charge in [-0.1, -0.05) is 6.42 Å². The molecule has 2 saturated heterocycles. The van der Waals surface area contributed by atoms with E-state index in [1.165, 1.54) is 0 Å². The Morgan fingerprint density at radius 1 is 0.920 bits per heavy atom. The van der Waals surface area contributed by atoms with Gasteiger partial charge in [0.05, 0.1) is 16.7 Å². The lowest BCUT2D eigenvalue weighted by Gasteiger charge is -2.44. The summed E-state index contributed by atoms with van der Waals surface area (Å²) in [7, 11) is -1.21. The standard InChI is InChI=1S/C16H16F6O2S/c17-15(18,19)10-4-9(5-11(6-10)16(20,21)22)14(23)7-12-2-1-3-13(8-14)25(12)24/h4-6,12-13,23H,1-3,7-8H2. The van der Waals surface area contributed by atoms with Gasteiger partial charge in [0.2, 0.25) is 0 Å². The van der Waals surface area contributed by atoms with Gasteiger partial charge in [-0.2, -0.15) is 26.3 Å². The number of halogens is 6. The summed E-state index contributed by atoms with van der Waals surface area (Å²) in [4.78, 5) is 0. The number of rotatable bonds is 1. The zero-order valence-corrected chi connectivity index (χ0v) is 13.8. The molecule has 0 saturated carbocycles. The smallest absolute Gasteiger partial charge is 0.385 e. The van der Waals surface area contributed by atoms with Crippen molar-refractivity contribution in [3.63, 3.8) is 0 Å². The van der Waals surface area contributed by atoms with Crippen LogP contribution >= 0.6 is 0 Å². The molecule has 2 aliphatic rings. The molecule has 2 aliphatic heterocycles. The highest BCUT2D eigenvalue weighted by molar-refractivity contribution is 7.86. The molecule has 140 valence electrons. The van der Waals surface area contributed by atoms with E-state index in [1.54, 1.807) is 0 Å². The van der Waals surface area contributed by atoms with Gasteiger partial charge < -0.3 is 5.11 Å². The van der Waals surface area contributed by atoms with E-state index in [0.29, 0.717) is 25.0 Å². The zero-order chi connectivity index (χ0) is 18.6. The molecule has 2 nitrogen and oxygen atoms in total. The Labute approximate surface area is 142 Å². The fourth-order valence-corrected chi connectivity index (χ4v) is 5.96. The van der Waals surface area contributed by atoms with Crippen LogP contribution in [-0.4, -0.2) is 19.8 Å². The van der Waals surface area contributed by atoms with Crippen molar-refractivity contribution in [2.45, 2.75) is 60.6 Å². The van der Waals surface area contributed by atoms with E-state index in [2.05, 4.69) is 0 Å². The van der Waals surface area contributed by atoms with Gasteiger partial charge in [0, 0.05) is 21.3 Å². The molecule has 1 N–H and O–H groups in total. The quantitative estimate of drug-likeness (QED) is 0.728. The highest BCUT2D eigenvalue weighted by Gasteiger charge is 2.48. The van der Waals surface area contributed by atoms with Crippen LogP contribution in [0, 0.1) is 0 Å². The lowest BCUT2D eigenvalue weighted by atomic mass is 9.79. The molecule has 9 heteroatoms. The van der Waals surface area contributed by atoms with Crippen LogP contribution in [0.4, 0.5) is 26.3 Å². The summed E-state index contributed by atoms with van der Waals surface area (Å²) < 4.78 is 90.4. The Morgan fingerprint density at radius 2 is 1.36 bits per heavy atom. The summed E-state index contributed by atoms with van der Waals surface area (Å²) in [6, 6.07) is 1.22. The van der Waals surface area contributed by atoms with Gasteiger partial charge in [0.1, 0.15) is 0 Å². The first-order chi connectivity index (χ1) is 11.4. The first kappa shape index (κ1) is 18.7. The van der Waals surface area contributed by atoms with Crippen molar-refractivity contribution in [2.24, 2.45) is 0 Å². The first-order valence-electron chi connectivity index (χ1n) is 7.82. The van der Waals surface area contributed by atoms with E-state index >= 15 is 0 Å². The van der Waals surface area contributed by atoms with Crippen molar-refractivity contribution in [1.29, 1.82) is 0 Å². The average molecular weight is 386 g/mol. The first-order valence-corrected chi connectivity index (χ1v) is 9.09. The third-order valence-electron chi connectivity index (χ3n) is 4.96. The maximum Gasteiger partial charge on any atom is 0.416 e. The minimum Gasteiger partial charge on any atom is -0.385 e. The predicted molar refractivity (Wildman–Crippen MR) is 79.1 cm³/mol. The van der Waals surface area contributed by atoms with Crippen LogP contribution in [0.25, 0.3) is 0 Å². The lowest BCUT2D eigenvalue weighted by Crippen LogP contribution is -2.47. The van der Waals surface area contributed by atoms with E-state index in [0.717, 1.165) is 6.42 Å². The SMILES string of the molecule is O=S1C2CCCC1CC(O)(c1cc(C(F)(F)F)cc(C(F)(F)F)c1)C2. The molecule has 0 aliphatic carbocycles. The highest BCUT2D eigenvalue weighted by atomic mass is 32.2. The predicted octanol–water partition coefficient (Wildman–Crippen LogP) is 4.38. The van der Waals surface area contributed by atoms with Crippen LogP contribution in [0.2, 0.25) is 0 Å². The fraction of sp³-hybridized carbons (Fsp3) is 0.625. The van der Waals surface area contributed by atoms with E-state index in [1.807, 2.05) is 0 Å². The molecule has 1 aromatic carbocycles. The van der Waals surface area contributed by atoms with Gasteiger partial charge in [-0.25, -0.2) is 0 Å². The molecule has 2 unspecified atom stereocenters. The van der Waals surface area contributed by atoms with Gasteiger partial charge in [0.25, 0.3) is 0 Å². The Balaban J connectivity index is 2.08. The molecule has 0 spiro atoms. The molecule has 3 rings (SSSR count). The number of hydrogen-bond acceptors (Lipinski definition) is 2. The van der Waals surface area contributed by atoms with Crippen molar-refractivity contribution in [2.75, 3.05) is 0 Å². The maximum atomic E-state index is 13.0. The Bertz CT molecular complexity index is 649. The third kappa shape index (κ3) is 3.58. The van der Waals surface area contributed by atoms with Crippen molar-refractivity contribution < 1.29 is 35.7 Å². The van der Waals surface area contributed by atoms with Crippen LogP contribution in [0.3, 0.4) is 0 Å². The zero-order valence-electron chi connectivity index (χ0n) is 13.0. The summed E-state index contributed by atoms with van der Waals surface area (Å²) in [5.74, 6) is 0. The normalized spacial score (nSPS) is 33.3. The molecular weight excluding hydrogens is 370 g/mol. The highest BCUT2D eigenvalue weighted by Crippen LogP contribution is 2.46. The fourth-order valence-electron chi connectivity index (χ4n) is 3.74. The monoisotopic (exact) mass is 386 g/mol. The molecule has 0 radical (unpaired) electrons. The topological polar surface area (TPSA) is 37.3 Å². The molecule has 0 aromatic heterocycles. The third-order valence-corrected chi connectivity index (χ3v) is 7.08. The molecule has 2 heterocycles. The number of alkyl halides is 6. The molecule has 2 atom stereocenters. The van der Waals surface area contributed by atoms with E-state index in [4.69, 9.17) is 0 Å². The van der Waals surface area contributed by atoms with Gasteiger partial charge in [-0.3, -0.25) is 4.21 Å². The van der Waals surface area contributed by atoms with Gasteiger partial charge in [-0.05, 0) is 49.4 Å². The number of benzene rings is 1. The molecule has 2 bridgehead atoms. The van der Waals surface area contributed by atoms with Crippen molar-refractivity contribution in [1.82, 2.24) is 0 Å². The molecule has 2 fully saturated rings. The average Bonchev–Trinajstić information content (AvgIpc) is 2.47. The molecule has 25 heavy (non-hydrogen) atoms.